The Morgan fingerprint density at radius 3 is 2.52 bits per heavy atom. The van der Waals surface area contributed by atoms with Gasteiger partial charge in [0.1, 0.15) is 0 Å². The molecule has 3 aliphatic rings. The number of nitrogens with zero attached hydrogens (tertiary/aromatic N) is 2. The monoisotopic (exact) mass is 459 g/mol. The summed E-state index contributed by atoms with van der Waals surface area (Å²) < 4.78 is 16.6. The van der Waals surface area contributed by atoms with Crippen molar-refractivity contribution in [1.29, 1.82) is 0 Å². The van der Waals surface area contributed by atoms with Gasteiger partial charge in [-0.2, -0.15) is 0 Å². The summed E-state index contributed by atoms with van der Waals surface area (Å²) in [5.41, 5.74) is 0.750. The van der Waals surface area contributed by atoms with Gasteiger partial charge in [0, 0.05) is 31.6 Å². The van der Waals surface area contributed by atoms with Gasteiger partial charge in [0.05, 0.1) is 33.3 Å². The summed E-state index contributed by atoms with van der Waals surface area (Å²) in [7, 11) is 6.43. The van der Waals surface area contributed by atoms with Gasteiger partial charge in [-0.3, -0.25) is 9.59 Å². The van der Waals surface area contributed by atoms with Crippen LogP contribution in [0.1, 0.15) is 50.1 Å². The number of fused-ring (bicyclic) bond motifs is 1. The second-order valence-corrected chi connectivity index (χ2v) is 9.43. The average molecular weight is 460 g/mol. The van der Waals surface area contributed by atoms with Crippen LogP contribution in [0.25, 0.3) is 0 Å². The molecule has 3 fully saturated rings. The van der Waals surface area contributed by atoms with Crippen LogP contribution in [0.2, 0.25) is 0 Å². The van der Waals surface area contributed by atoms with Crippen molar-refractivity contribution < 1.29 is 23.8 Å². The lowest BCUT2D eigenvalue weighted by Gasteiger charge is -2.44. The third-order valence-corrected chi connectivity index (χ3v) is 7.74. The molecular weight excluding hydrogens is 422 g/mol. The van der Waals surface area contributed by atoms with Gasteiger partial charge in [0.15, 0.2) is 11.5 Å². The highest BCUT2D eigenvalue weighted by Gasteiger charge is 2.45. The summed E-state index contributed by atoms with van der Waals surface area (Å²) in [6.07, 6.45) is 6.29. The Balaban J connectivity index is 1.53. The number of ether oxygens (including phenoxy) is 3. The third kappa shape index (κ3) is 4.50. The topological polar surface area (TPSA) is 80.3 Å². The summed E-state index contributed by atoms with van der Waals surface area (Å²) in [6.45, 7) is 3.03. The maximum Gasteiger partial charge on any atom is 0.226 e. The second-order valence-electron chi connectivity index (χ2n) is 9.43. The number of piperidine rings is 2. The minimum absolute atomic E-state index is 0.0480. The molecule has 0 aliphatic carbocycles. The molecule has 1 aromatic rings. The van der Waals surface area contributed by atoms with Crippen LogP contribution in [0.5, 0.6) is 17.2 Å². The van der Waals surface area contributed by atoms with Crippen LogP contribution in [-0.4, -0.2) is 75.7 Å². The van der Waals surface area contributed by atoms with E-state index in [4.69, 9.17) is 14.2 Å². The maximum absolute atomic E-state index is 13.4. The first kappa shape index (κ1) is 23.7. The van der Waals surface area contributed by atoms with Gasteiger partial charge >= 0.3 is 0 Å². The molecule has 33 heavy (non-hydrogen) atoms. The van der Waals surface area contributed by atoms with E-state index in [2.05, 4.69) is 10.2 Å². The number of rotatable bonds is 7. The van der Waals surface area contributed by atoms with Gasteiger partial charge < -0.3 is 29.3 Å². The van der Waals surface area contributed by atoms with Crippen molar-refractivity contribution in [2.24, 2.45) is 11.8 Å². The van der Waals surface area contributed by atoms with Crippen molar-refractivity contribution in [2.75, 3.05) is 48.0 Å². The molecule has 0 bridgehead atoms. The van der Waals surface area contributed by atoms with E-state index in [1.165, 1.54) is 38.8 Å². The van der Waals surface area contributed by atoms with Crippen molar-refractivity contribution in [1.82, 2.24) is 15.1 Å². The smallest absolute Gasteiger partial charge is 0.226 e. The summed E-state index contributed by atoms with van der Waals surface area (Å²) in [5, 5.41) is 3.22. The van der Waals surface area contributed by atoms with E-state index in [0.717, 1.165) is 12.0 Å². The summed E-state index contributed by atoms with van der Waals surface area (Å²) in [6, 6.07) is 3.80. The molecule has 2 amide bonds. The zero-order chi connectivity index (χ0) is 23.5. The molecule has 0 saturated carbocycles. The number of likely N-dealkylation sites (tertiary alicyclic amines) is 1. The number of nitrogens with one attached hydrogen (secondary N) is 1. The molecule has 2 unspecified atom stereocenters. The minimum atomic E-state index is -0.486. The first-order chi connectivity index (χ1) is 16.0. The molecule has 0 spiro atoms. The summed E-state index contributed by atoms with van der Waals surface area (Å²) in [5.74, 6) is 1.37. The molecule has 8 nitrogen and oxygen atoms in total. The molecule has 0 aromatic heterocycles. The quantitative estimate of drug-likeness (QED) is 0.675. The van der Waals surface area contributed by atoms with E-state index in [1.54, 1.807) is 39.3 Å². The minimum Gasteiger partial charge on any atom is -0.493 e. The molecule has 182 valence electrons. The summed E-state index contributed by atoms with van der Waals surface area (Å²) in [4.78, 5) is 30.3. The molecule has 3 saturated heterocycles. The van der Waals surface area contributed by atoms with E-state index in [-0.39, 0.29) is 18.2 Å². The molecule has 3 aliphatic heterocycles. The first-order valence-corrected chi connectivity index (χ1v) is 12.1. The van der Waals surface area contributed by atoms with Crippen LogP contribution in [0.3, 0.4) is 0 Å². The fourth-order valence-electron chi connectivity index (χ4n) is 6.07. The third-order valence-electron chi connectivity index (χ3n) is 7.74. The van der Waals surface area contributed by atoms with Gasteiger partial charge in [-0.05, 0) is 56.8 Å². The number of benzene rings is 1. The van der Waals surface area contributed by atoms with Crippen molar-refractivity contribution in [2.45, 2.75) is 50.6 Å². The summed E-state index contributed by atoms with van der Waals surface area (Å²) >= 11 is 0. The van der Waals surface area contributed by atoms with Gasteiger partial charge in [-0.25, -0.2) is 0 Å². The molecule has 8 heteroatoms. The molecule has 1 N–H and O–H groups in total. The van der Waals surface area contributed by atoms with Crippen molar-refractivity contribution >= 4 is 11.8 Å². The lowest BCUT2D eigenvalue weighted by Crippen LogP contribution is -2.51. The normalized spacial score (nSPS) is 27.8. The van der Waals surface area contributed by atoms with Crippen LogP contribution in [0.15, 0.2) is 12.1 Å². The van der Waals surface area contributed by atoms with Crippen LogP contribution in [0, 0.1) is 11.8 Å². The Morgan fingerprint density at radius 1 is 1.03 bits per heavy atom. The Hall–Kier alpha value is -2.48. The highest BCUT2D eigenvalue weighted by molar-refractivity contribution is 5.90. The second kappa shape index (κ2) is 10.2. The predicted octanol–water partition coefficient (Wildman–Crippen LogP) is 2.61. The number of amides is 2. The van der Waals surface area contributed by atoms with Gasteiger partial charge in [0.25, 0.3) is 0 Å². The van der Waals surface area contributed by atoms with Gasteiger partial charge in [-0.1, -0.05) is 6.42 Å². The van der Waals surface area contributed by atoms with Crippen LogP contribution in [0.4, 0.5) is 0 Å². The average Bonchev–Trinajstić information content (AvgIpc) is 3.15. The standard InChI is InChI=1S/C25H37N3O5/c1-27-21(29)14-18(22(27)17-10-11-20(31-2)24(33-4)23(17)32-3)25(30)26-15-16-8-7-13-28-12-6-5-9-19(16)28/h10-11,16,18-19,22H,5-9,12-15H2,1-4H3,(H,26,30)/t16-,18?,19+,22?/m0/s1. The number of hydrogen-bond donors (Lipinski definition) is 1. The molecule has 4 atom stereocenters. The van der Waals surface area contributed by atoms with Crippen LogP contribution in [-0.2, 0) is 9.59 Å². The number of carbonyl (C=O) groups excluding carboxylic acids is 2. The van der Waals surface area contributed by atoms with E-state index in [1.807, 2.05) is 6.07 Å². The van der Waals surface area contributed by atoms with E-state index in [0.29, 0.717) is 35.8 Å². The fraction of sp³-hybridized carbons (Fsp3) is 0.680. The molecule has 4 rings (SSSR count). The van der Waals surface area contributed by atoms with Crippen molar-refractivity contribution in [3.05, 3.63) is 17.7 Å². The Bertz CT molecular complexity index is 874. The lowest BCUT2D eigenvalue weighted by atomic mass is 9.83. The SMILES string of the molecule is COc1ccc(C2C(C(=O)NC[C@@H]3CCCN4CCCC[C@H]34)CC(=O)N2C)c(OC)c1OC. The van der Waals surface area contributed by atoms with E-state index >= 15 is 0 Å². The van der Waals surface area contributed by atoms with Crippen LogP contribution >= 0.6 is 0 Å². The predicted molar refractivity (Wildman–Crippen MR) is 125 cm³/mol. The van der Waals surface area contributed by atoms with Crippen molar-refractivity contribution in [3.8, 4) is 17.2 Å². The number of carbonyl (C=O) groups is 2. The Labute approximate surface area is 196 Å². The van der Waals surface area contributed by atoms with E-state index in [9.17, 15) is 9.59 Å². The molecule has 3 heterocycles. The highest BCUT2D eigenvalue weighted by atomic mass is 16.5. The Morgan fingerprint density at radius 2 is 1.79 bits per heavy atom. The van der Waals surface area contributed by atoms with Crippen LogP contribution < -0.4 is 19.5 Å². The lowest BCUT2D eigenvalue weighted by molar-refractivity contribution is -0.128. The largest absolute Gasteiger partial charge is 0.493 e. The van der Waals surface area contributed by atoms with E-state index < -0.39 is 12.0 Å². The Kier molecular flexibility index (Phi) is 7.32. The molecule has 1 aromatic carbocycles. The first-order valence-electron chi connectivity index (χ1n) is 12.1. The zero-order valence-corrected chi connectivity index (χ0v) is 20.3. The fourth-order valence-corrected chi connectivity index (χ4v) is 6.07. The number of methoxy groups -OCH3 is 3. The van der Waals surface area contributed by atoms with Crippen molar-refractivity contribution in [3.63, 3.8) is 0 Å². The number of hydrogen-bond acceptors (Lipinski definition) is 6. The van der Waals surface area contributed by atoms with Gasteiger partial charge in [0.2, 0.25) is 17.6 Å². The highest BCUT2D eigenvalue weighted by Crippen LogP contribution is 2.47. The zero-order valence-electron chi connectivity index (χ0n) is 20.3. The molecular formula is C25H37N3O5. The molecule has 0 radical (unpaired) electrons. The van der Waals surface area contributed by atoms with Gasteiger partial charge in [-0.15, -0.1) is 0 Å². The maximum atomic E-state index is 13.4.